The molecule has 3 atom stereocenters. The highest BCUT2D eigenvalue weighted by Crippen LogP contribution is 2.33. The monoisotopic (exact) mass is 319 g/mol. The zero-order valence-electron chi connectivity index (χ0n) is 13.0. The van der Waals surface area contributed by atoms with Gasteiger partial charge >= 0.3 is 0 Å². The smallest absolute Gasteiger partial charge is 0.168 e. The fourth-order valence-corrected chi connectivity index (χ4v) is 2.74. The van der Waals surface area contributed by atoms with Crippen molar-refractivity contribution in [3.63, 3.8) is 0 Å². The molecule has 23 heavy (non-hydrogen) atoms. The van der Waals surface area contributed by atoms with E-state index in [1.54, 1.807) is 4.57 Å². The number of fused-ring (bicyclic) bond motifs is 1. The maximum absolute atomic E-state index is 10.00. The Morgan fingerprint density at radius 3 is 3.00 bits per heavy atom. The summed E-state index contributed by atoms with van der Waals surface area (Å²) in [5.41, 5.74) is 6.96. The molecule has 124 valence electrons. The number of hydrogen-bond donors (Lipinski definition) is 3. The number of anilines is 1. The number of rotatable bonds is 5. The summed E-state index contributed by atoms with van der Waals surface area (Å²) in [5.74, 6) is 0.951. The van der Waals surface area contributed by atoms with Crippen LogP contribution in [0.4, 0.5) is 5.82 Å². The highest BCUT2D eigenvalue weighted by molar-refractivity contribution is 5.83. The van der Waals surface area contributed by atoms with Crippen LogP contribution >= 0.6 is 0 Å². The van der Waals surface area contributed by atoms with Crippen molar-refractivity contribution in [3.05, 3.63) is 18.2 Å². The molecule has 4 N–H and O–H groups in total. The minimum Gasteiger partial charge on any atom is -0.394 e. The van der Waals surface area contributed by atoms with Gasteiger partial charge in [0.25, 0.3) is 0 Å². The summed E-state index contributed by atoms with van der Waals surface area (Å²) < 4.78 is 7.55. The predicted molar refractivity (Wildman–Crippen MR) is 85.3 cm³/mol. The largest absolute Gasteiger partial charge is 0.394 e. The molecule has 1 fully saturated rings. The van der Waals surface area contributed by atoms with Crippen LogP contribution in [0.15, 0.2) is 12.4 Å². The summed E-state index contributed by atoms with van der Waals surface area (Å²) in [7, 11) is 0. The third kappa shape index (κ3) is 2.92. The molecule has 3 heterocycles. The fraction of sp³-hybridized carbons (Fsp3) is 0.533. The lowest BCUT2D eigenvalue weighted by atomic mass is 10.2. The van der Waals surface area contributed by atoms with E-state index >= 15 is 0 Å². The van der Waals surface area contributed by atoms with E-state index in [-0.39, 0.29) is 6.61 Å². The molecule has 1 aliphatic rings. The zero-order chi connectivity index (χ0) is 16.4. The van der Waals surface area contributed by atoms with E-state index in [0.717, 1.165) is 12.8 Å². The van der Waals surface area contributed by atoms with Crippen LogP contribution in [0.1, 0.15) is 38.2 Å². The lowest BCUT2D eigenvalue weighted by Crippen LogP contribution is -2.24. The van der Waals surface area contributed by atoms with Gasteiger partial charge in [0.1, 0.15) is 24.5 Å². The molecule has 0 spiro atoms. The van der Waals surface area contributed by atoms with Crippen LogP contribution in [0, 0.1) is 0 Å². The second-order valence-corrected chi connectivity index (χ2v) is 5.58. The minimum atomic E-state index is -0.728. The molecule has 0 bridgehead atoms. The Hall–Kier alpha value is -2.03. The molecule has 2 aromatic heterocycles. The molecule has 0 saturated carbocycles. The molecule has 1 aliphatic heterocycles. The van der Waals surface area contributed by atoms with Gasteiger partial charge in [-0.2, -0.15) is 0 Å². The van der Waals surface area contributed by atoms with Gasteiger partial charge in [-0.05, 0) is 12.5 Å². The summed E-state index contributed by atoms with van der Waals surface area (Å²) in [6.07, 6.45) is 5.82. The molecular formula is C15H21N5O3. The number of unbranched alkanes of at least 4 members (excludes halogenated alkanes) is 1. The van der Waals surface area contributed by atoms with Gasteiger partial charge in [0, 0.05) is 6.42 Å². The van der Waals surface area contributed by atoms with Crippen LogP contribution < -0.4 is 5.73 Å². The Bertz CT molecular complexity index is 714. The molecule has 3 unspecified atom stereocenters. The van der Waals surface area contributed by atoms with Crippen LogP contribution in [-0.4, -0.2) is 48.5 Å². The van der Waals surface area contributed by atoms with Crippen molar-refractivity contribution in [1.82, 2.24) is 19.5 Å². The van der Waals surface area contributed by atoms with Gasteiger partial charge in [-0.1, -0.05) is 19.4 Å². The zero-order valence-corrected chi connectivity index (χ0v) is 13.0. The second-order valence-electron chi connectivity index (χ2n) is 5.58. The number of nitrogens with zero attached hydrogens (tertiary/aromatic N) is 4. The van der Waals surface area contributed by atoms with Crippen molar-refractivity contribution in [2.24, 2.45) is 0 Å². The number of nitrogen functional groups attached to an aromatic ring is 1. The minimum absolute atomic E-state index is 0.234. The number of aliphatic hydroxyl groups is 2. The van der Waals surface area contributed by atoms with E-state index in [9.17, 15) is 10.2 Å². The first-order chi connectivity index (χ1) is 11.2. The molecule has 1 saturated heterocycles. The molecule has 8 nitrogen and oxygen atoms in total. The maximum atomic E-state index is 10.00. The average Bonchev–Trinajstić information content (AvgIpc) is 3.08. The van der Waals surface area contributed by atoms with E-state index in [1.807, 2.05) is 12.2 Å². The molecule has 2 aromatic rings. The molecule has 0 aliphatic carbocycles. The van der Waals surface area contributed by atoms with Gasteiger partial charge in [0.2, 0.25) is 0 Å². The van der Waals surface area contributed by atoms with Crippen molar-refractivity contribution < 1.29 is 14.9 Å². The lowest BCUT2D eigenvalue weighted by Gasteiger charge is -2.15. The van der Waals surface area contributed by atoms with Gasteiger partial charge in [0.05, 0.1) is 12.7 Å². The Labute approximate surface area is 133 Å². The topological polar surface area (TPSA) is 119 Å². The van der Waals surface area contributed by atoms with Gasteiger partial charge in [0.15, 0.2) is 17.0 Å². The quantitative estimate of drug-likeness (QED) is 0.747. The standard InChI is InChI=1S/C15H21N5O3/c1-2-3-4-5-11-19-13-14(16)17-8-18-15(13)20(11)12-6-9(22)10(7-21)23-12/h4-5,8-10,12,21-22H,2-3,6-7H2,1H3,(H2,16,17,18)/b5-4-. The van der Waals surface area contributed by atoms with Crippen molar-refractivity contribution in [1.29, 1.82) is 0 Å². The van der Waals surface area contributed by atoms with Crippen molar-refractivity contribution in [2.45, 2.75) is 44.6 Å². The van der Waals surface area contributed by atoms with Crippen LogP contribution in [0.3, 0.4) is 0 Å². The van der Waals surface area contributed by atoms with E-state index < -0.39 is 18.4 Å². The molecular weight excluding hydrogens is 298 g/mol. The Morgan fingerprint density at radius 1 is 1.48 bits per heavy atom. The van der Waals surface area contributed by atoms with Crippen molar-refractivity contribution in [3.8, 4) is 0 Å². The Kier molecular flexibility index (Phi) is 4.56. The van der Waals surface area contributed by atoms with E-state index in [4.69, 9.17) is 10.5 Å². The van der Waals surface area contributed by atoms with Gasteiger partial charge in [-0.25, -0.2) is 15.0 Å². The molecule has 0 radical (unpaired) electrons. The molecule has 8 heteroatoms. The molecule has 0 amide bonds. The van der Waals surface area contributed by atoms with E-state index in [2.05, 4.69) is 21.9 Å². The average molecular weight is 319 g/mol. The number of aliphatic hydroxyl groups excluding tert-OH is 2. The number of imidazole rings is 1. The lowest BCUT2D eigenvalue weighted by molar-refractivity contribution is -0.0434. The van der Waals surface area contributed by atoms with Crippen LogP contribution in [0.5, 0.6) is 0 Å². The number of allylic oxidation sites excluding steroid dienone is 1. The first-order valence-corrected chi connectivity index (χ1v) is 7.75. The highest BCUT2D eigenvalue weighted by atomic mass is 16.5. The number of ether oxygens (including phenoxy) is 1. The summed E-state index contributed by atoms with van der Waals surface area (Å²) >= 11 is 0. The van der Waals surface area contributed by atoms with Crippen LogP contribution in [0.2, 0.25) is 0 Å². The molecule has 3 rings (SSSR count). The highest BCUT2D eigenvalue weighted by Gasteiger charge is 2.36. The van der Waals surface area contributed by atoms with Crippen LogP contribution in [-0.2, 0) is 4.74 Å². The Balaban J connectivity index is 2.06. The Morgan fingerprint density at radius 2 is 2.30 bits per heavy atom. The second kappa shape index (κ2) is 6.61. The van der Waals surface area contributed by atoms with Crippen molar-refractivity contribution >= 4 is 23.1 Å². The molecule has 0 aromatic carbocycles. The van der Waals surface area contributed by atoms with Gasteiger partial charge in [-0.3, -0.25) is 4.57 Å². The summed E-state index contributed by atoms with van der Waals surface area (Å²) in [5, 5.41) is 19.3. The summed E-state index contributed by atoms with van der Waals surface area (Å²) in [4.78, 5) is 12.7. The SMILES string of the molecule is CCC/C=C\c1nc2c(N)ncnc2n1C1CC(O)C(CO)O1. The van der Waals surface area contributed by atoms with Gasteiger partial charge in [-0.15, -0.1) is 0 Å². The van der Waals surface area contributed by atoms with Crippen molar-refractivity contribution in [2.75, 3.05) is 12.3 Å². The summed E-state index contributed by atoms with van der Waals surface area (Å²) in [6.45, 7) is 1.86. The van der Waals surface area contributed by atoms with E-state index in [0.29, 0.717) is 29.2 Å². The third-order valence-electron chi connectivity index (χ3n) is 3.93. The number of nitrogens with two attached hydrogens (primary N) is 1. The fourth-order valence-electron chi connectivity index (χ4n) is 2.74. The predicted octanol–water partition coefficient (Wildman–Crippen LogP) is 0.862. The van der Waals surface area contributed by atoms with Gasteiger partial charge < -0.3 is 20.7 Å². The first-order valence-electron chi connectivity index (χ1n) is 7.75. The third-order valence-corrected chi connectivity index (χ3v) is 3.93. The van der Waals surface area contributed by atoms with E-state index in [1.165, 1.54) is 6.33 Å². The van der Waals surface area contributed by atoms with Crippen LogP contribution in [0.25, 0.3) is 17.2 Å². The normalized spacial score (nSPS) is 24.9. The number of hydrogen-bond acceptors (Lipinski definition) is 7. The summed E-state index contributed by atoms with van der Waals surface area (Å²) in [6, 6.07) is 0. The number of aromatic nitrogens is 4. The maximum Gasteiger partial charge on any atom is 0.168 e. The first kappa shape index (κ1) is 15.9.